The summed E-state index contributed by atoms with van der Waals surface area (Å²) in [4.78, 5) is 17.0. The third-order valence-corrected chi connectivity index (χ3v) is 9.35. The number of fused-ring (bicyclic) bond motifs is 3. The van der Waals surface area contributed by atoms with Gasteiger partial charge in [-0.15, -0.1) is 0 Å². The lowest BCUT2D eigenvalue weighted by Crippen LogP contribution is -2.51. The van der Waals surface area contributed by atoms with Gasteiger partial charge in [0.2, 0.25) is 0 Å². The molecule has 7 rings (SSSR count). The molecule has 8 nitrogen and oxygen atoms in total. The maximum atomic E-state index is 16.5. The Balaban J connectivity index is 1.33. The van der Waals surface area contributed by atoms with Gasteiger partial charge in [-0.25, -0.2) is 13.8 Å². The predicted octanol–water partition coefficient (Wildman–Crippen LogP) is 5.15. The van der Waals surface area contributed by atoms with Crippen molar-refractivity contribution in [2.45, 2.75) is 57.0 Å². The van der Waals surface area contributed by atoms with Crippen LogP contribution in [0.4, 0.5) is 33.6 Å². The smallest absolute Gasteiger partial charge is 0.418 e. The Morgan fingerprint density at radius 3 is 2.42 bits per heavy atom. The Labute approximate surface area is 249 Å². The number of alkyl halides is 4. The number of anilines is 2. The van der Waals surface area contributed by atoms with Gasteiger partial charge in [-0.3, -0.25) is 4.90 Å². The van der Waals surface area contributed by atoms with Gasteiger partial charge >= 0.3 is 12.2 Å². The molecule has 2 aromatic heterocycles. The summed E-state index contributed by atoms with van der Waals surface area (Å²) < 4.78 is 78.6. The minimum atomic E-state index is -4.84. The zero-order chi connectivity index (χ0) is 30.3. The number of nitrogens with zero attached hydrogens (tertiary/aromatic N) is 5. The molecule has 3 saturated heterocycles. The van der Waals surface area contributed by atoms with E-state index in [1.165, 1.54) is 13.0 Å². The van der Waals surface area contributed by atoms with Crippen molar-refractivity contribution in [3.63, 3.8) is 0 Å². The Kier molecular flexibility index (Phi) is 6.86. The third-order valence-electron chi connectivity index (χ3n) is 9.05. The number of nitrogens with one attached hydrogen (secondary N) is 1. The van der Waals surface area contributed by atoms with Crippen LogP contribution in [0.1, 0.15) is 36.8 Å². The molecule has 4 fully saturated rings. The third kappa shape index (κ3) is 5.33. The molecule has 2 bridgehead atoms. The first-order chi connectivity index (χ1) is 20.4. The molecule has 1 saturated carbocycles. The van der Waals surface area contributed by atoms with Crippen molar-refractivity contribution in [1.29, 1.82) is 0 Å². The summed E-state index contributed by atoms with van der Waals surface area (Å²) in [5.74, 6) is -0.852. The molecular weight excluding hydrogens is 593 g/mol. The number of aryl methyl sites for hydroxylation is 1. The molecule has 2 atom stereocenters. The largest absolute Gasteiger partial charge is 0.463 e. The average molecular weight is 624 g/mol. The number of piperazine rings is 1. The molecule has 1 aliphatic carbocycles. The molecule has 3 N–H and O–H groups in total. The summed E-state index contributed by atoms with van der Waals surface area (Å²) in [6.07, 6.45) is -1.86. The number of benzene rings is 1. The molecule has 1 aromatic carbocycles. The molecule has 3 aromatic rings. The quantitative estimate of drug-likeness (QED) is 0.350. The van der Waals surface area contributed by atoms with E-state index in [0.29, 0.717) is 38.5 Å². The highest BCUT2D eigenvalue weighted by molar-refractivity contribution is 6.34. The lowest BCUT2D eigenvalue weighted by Gasteiger charge is -2.37. The fourth-order valence-corrected chi connectivity index (χ4v) is 7.02. The molecule has 0 amide bonds. The van der Waals surface area contributed by atoms with Crippen molar-refractivity contribution in [3.05, 3.63) is 34.1 Å². The lowest BCUT2D eigenvalue weighted by atomic mass is 9.99. The van der Waals surface area contributed by atoms with E-state index >= 15 is 4.39 Å². The van der Waals surface area contributed by atoms with Gasteiger partial charge in [-0.1, -0.05) is 11.6 Å². The van der Waals surface area contributed by atoms with E-state index in [1.807, 2.05) is 9.80 Å². The Hall–Kier alpha value is -3.03. The fraction of sp³-hybridized carbons (Fsp3) is 0.552. The number of halogens is 6. The van der Waals surface area contributed by atoms with E-state index in [2.05, 4.69) is 15.3 Å². The number of pyridine rings is 1. The van der Waals surface area contributed by atoms with E-state index in [0.717, 1.165) is 31.7 Å². The highest BCUT2D eigenvalue weighted by atomic mass is 35.5. The van der Waals surface area contributed by atoms with Crippen LogP contribution >= 0.6 is 11.6 Å². The van der Waals surface area contributed by atoms with Crippen LogP contribution in [0.15, 0.2) is 12.1 Å². The first kappa shape index (κ1) is 28.7. The monoisotopic (exact) mass is 623 g/mol. The molecule has 3 aliphatic heterocycles. The predicted molar refractivity (Wildman–Crippen MR) is 153 cm³/mol. The zero-order valence-electron chi connectivity index (χ0n) is 23.4. The van der Waals surface area contributed by atoms with Gasteiger partial charge in [0.25, 0.3) is 0 Å². The normalized spacial score (nSPS) is 23.6. The zero-order valence-corrected chi connectivity index (χ0v) is 24.2. The first-order valence-electron chi connectivity index (χ1n) is 14.4. The summed E-state index contributed by atoms with van der Waals surface area (Å²) in [5.41, 5.74) is 2.87. The van der Waals surface area contributed by atoms with Crippen molar-refractivity contribution in [3.8, 4) is 17.3 Å². The molecule has 2 unspecified atom stereocenters. The number of hydrogen-bond donors (Lipinski definition) is 2. The Morgan fingerprint density at radius 2 is 1.79 bits per heavy atom. The van der Waals surface area contributed by atoms with Crippen molar-refractivity contribution >= 4 is 34.1 Å². The molecule has 14 heteroatoms. The van der Waals surface area contributed by atoms with E-state index in [4.69, 9.17) is 27.1 Å². The first-order valence-corrected chi connectivity index (χ1v) is 14.8. The minimum Gasteiger partial charge on any atom is -0.463 e. The number of nitrogens with two attached hydrogens (primary N) is 1. The van der Waals surface area contributed by atoms with E-state index < -0.39 is 35.0 Å². The van der Waals surface area contributed by atoms with Crippen LogP contribution in [0.2, 0.25) is 5.02 Å². The van der Waals surface area contributed by atoms with Gasteiger partial charge in [0.1, 0.15) is 23.3 Å². The number of ether oxygens (including phenoxy) is 1. The van der Waals surface area contributed by atoms with Gasteiger partial charge < -0.3 is 20.7 Å². The van der Waals surface area contributed by atoms with Gasteiger partial charge in [-0.2, -0.15) is 23.1 Å². The SMILES string of the molecule is Cc1cc(N)nc(-c2c(Cl)cc3c(N4CC5CCC(C4)N5)nc(OCC4(CN5CC(F)C5)CC4)nc3c2F)c1C(F)(F)F. The Morgan fingerprint density at radius 1 is 1.09 bits per heavy atom. The molecule has 43 heavy (non-hydrogen) atoms. The van der Waals surface area contributed by atoms with Gasteiger partial charge in [0, 0.05) is 55.6 Å². The number of likely N-dealkylation sites (tertiary alicyclic amines) is 1. The highest BCUT2D eigenvalue weighted by Gasteiger charge is 2.47. The van der Waals surface area contributed by atoms with Crippen LogP contribution in [0.25, 0.3) is 22.2 Å². The summed E-state index contributed by atoms with van der Waals surface area (Å²) in [6.45, 7) is 4.20. The summed E-state index contributed by atoms with van der Waals surface area (Å²) >= 11 is 6.56. The molecular formula is C29H31ClF5N7O. The van der Waals surface area contributed by atoms with E-state index in [-0.39, 0.29) is 57.4 Å². The number of rotatable bonds is 7. The van der Waals surface area contributed by atoms with Crippen LogP contribution in [-0.2, 0) is 6.18 Å². The second-order valence-corrected chi connectivity index (χ2v) is 12.9. The van der Waals surface area contributed by atoms with E-state index in [1.54, 1.807) is 0 Å². The number of nitrogen functional groups attached to an aromatic ring is 1. The van der Waals surface area contributed by atoms with Crippen molar-refractivity contribution in [2.24, 2.45) is 5.41 Å². The van der Waals surface area contributed by atoms with Gasteiger partial charge in [0.05, 0.1) is 28.5 Å². The molecule has 4 aliphatic rings. The lowest BCUT2D eigenvalue weighted by molar-refractivity contribution is -0.137. The maximum Gasteiger partial charge on any atom is 0.418 e. The molecule has 230 valence electrons. The second kappa shape index (κ2) is 10.3. The summed E-state index contributed by atoms with van der Waals surface area (Å²) in [7, 11) is 0. The van der Waals surface area contributed by atoms with Crippen LogP contribution in [-0.4, -0.2) is 77.4 Å². The molecule has 0 radical (unpaired) electrons. The topological polar surface area (TPSA) is 92.4 Å². The summed E-state index contributed by atoms with van der Waals surface area (Å²) in [5, 5.41) is 3.55. The number of hydrogen-bond acceptors (Lipinski definition) is 8. The summed E-state index contributed by atoms with van der Waals surface area (Å²) in [6, 6.07) is 2.87. The number of aromatic nitrogens is 3. The highest BCUT2D eigenvalue weighted by Crippen LogP contribution is 2.48. The fourth-order valence-electron chi connectivity index (χ4n) is 6.74. The van der Waals surface area contributed by atoms with Crippen LogP contribution in [0.3, 0.4) is 0 Å². The standard InChI is InChI=1S/C29H31ClF5N7O/c1-14-6-20(36)38-25(22(14)29(33,34)35)21-19(30)7-18-24(23(21)32)39-27(40-26(18)42-10-16-2-3-17(11-42)37-16)43-13-28(4-5-28)12-41-8-15(31)9-41/h6-7,15-17,37H,2-5,8-13H2,1H3,(H2,36,38). The average Bonchev–Trinajstić information content (AvgIpc) is 3.59. The van der Waals surface area contributed by atoms with Crippen molar-refractivity contribution in [2.75, 3.05) is 50.0 Å². The minimum absolute atomic E-state index is 0.0773. The van der Waals surface area contributed by atoms with Gasteiger partial charge in [-0.05, 0) is 50.3 Å². The van der Waals surface area contributed by atoms with Crippen LogP contribution in [0.5, 0.6) is 6.01 Å². The second-order valence-electron chi connectivity index (χ2n) is 12.5. The van der Waals surface area contributed by atoms with Crippen LogP contribution in [0, 0.1) is 18.2 Å². The van der Waals surface area contributed by atoms with E-state index in [9.17, 15) is 17.6 Å². The Bertz CT molecular complexity index is 1580. The van der Waals surface area contributed by atoms with Crippen molar-refractivity contribution in [1.82, 2.24) is 25.2 Å². The van der Waals surface area contributed by atoms with Gasteiger partial charge in [0.15, 0.2) is 5.82 Å². The molecule has 0 spiro atoms. The maximum absolute atomic E-state index is 16.5. The van der Waals surface area contributed by atoms with Crippen molar-refractivity contribution < 1.29 is 26.7 Å². The van der Waals surface area contributed by atoms with Crippen LogP contribution < -0.4 is 20.7 Å². The molecule has 5 heterocycles.